The van der Waals surface area contributed by atoms with Gasteiger partial charge in [-0.05, 0) is 24.7 Å². The van der Waals surface area contributed by atoms with Crippen LogP contribution in [0.4, 0.5) is 0 Å². The number of rotatable bonds is 6. The van der Waals surface area contributed by atoms with E-state index in [1.807, 2.05) is 6.92 Å². The van der Waals surface area contributed by atoms with Gasteiger partial charge in [0.05, 0.1) is 0 Å². The van der Waals surface area contributed by atoms with Crippen LogP contribution in [0.3, 0.4) is 0 Å². The molecule has 0 fully saturated rings. The molecule has 0 aromatic rings. The van der Waals surface area contributed by atoms with Crippen molar-refractivity contribution in [3.63, 3.8) is 0 Å². The summed E-state index contributed by atoms with van der Waals surface area (Å²) in [5.41, 5.74) is 0. The van der Waals surface area contributed by atoms with Crippen LogP contribution in [-0.2, 0) is 9.53 Å². The highest BCUT2D eigenvalue weighted by molar-refractivity contribution is 5.38. The predicted octanol–water partition coefficient (Wildman–Crippen LogP) is 2.53. The van der Waals surface area contributed by atoms with Crippen LogP contribution < -0.4 is 0 Å². The first kappa shape index (κ1) is 11.5. The van der Waals surface area contributed by atoms with Crippen LogP contribution >= 0.6 is 0 Å². The summed E-state index contributed by atoms with van der Waals surface area (Å²) in [6.07, 6.45) is 1.88. The molecule has 0 saturated carbocycles. The van der Waals surface area contributed by atoms with Gasteiger partial charge in [0, 0.05) is 0 Å². The summed E-state index contributed by atoms with van der Waals surface area (Å²) in [5, 5.41) is 0. The van der Waals surface area contributed by atoms with Crippen LogP contribution in [0.15, 0.2) is 0 Å². The highest BCUT2D eigenvalue weighted by atomic mass is 16.5. The smallest absolute Gasteiger partial charge is 0.417 e. The molecule has 2 nitrogen and oxygen atoms in total. The maximum Gasteiger partial charge on any atom is 0.417 e. The SMILES string of the molecule is CCC(CC(C)C(C)C)O[C]=O. The van der Waals surface area contributed by atoms with E-state index >= 15 is 0 Å². The molecule has 0 amide bonds. The Bertz CT molecular complexity index is 121. The third kappa shape index (κ3) is 4.37. The van der Waals surface area contributed by atoms with Gasteiger partial charge in [0.1, 0.15) is 6.10 Å². The summed E-state index contributed by atoms with van der Waals surface area (Å²) in [6, 6.07) is 0. The van der Waals surface area contributed by atoms with E-state index in [-0.39, 0.29) is 6.10 Å². The van der Waals surface area contributed by atoms with Crippen LogP contribution in [0.2, 0.25) is 0 Å². The average molecular weight is 171 g/mol. The molecule has 0 N–H and O–H groups in total. The molecule has 0 aromatic carbocycles. The lowest BCUT2D eigenvalue weighted by molar-refractivity contribution is 0.135. The molecule has 0 aromatic heterocycles. The van der Waals surface area contributed by atoms with E-state index in [9.17, 15) is 4.79 Å². The predicted molar refractivity (Wildman–Crippen MR) is 49.5 cm³/mol. The van der Waals surface area contributed by atoms with E-state index in [1.165, 1.54) is 6.47 Å². The summed E-state index contributed by atoms with van der Waals surface area (Å²) in [6.45, 7) is 10.1. The lowest BCUT2D eigenvalue weighted by atomic mass is 9.91. The Morgan fingerprint density at radius 3 is 2.25 bits per heavy atom. The molecule has 1 radical (unpaired) electrons. The van der Waals surface area contributed by atoms with Crippen molar-refractivity contribution >= 4 is 6.47 Å². The Morgan fingerprint density at radius 1 is 1.33 bits per heavy atom. The fourth-order valence-corrected chi connectivity index (χ4v) is 1.05. The van der Waals surface area contributed by atoms with Gasteiger partial charge in [-0.15, -0.1) is 0 Å². The fraction of sp³-hybridized carbons (Fsp3) is 0.900. The van der Waals surface area contributed by atoms with E-state index < -0.39 is 0 Å². The quantitative estimate of drug-likeness (QED) is 0.614. The number of hydrogen-bond acceptors (Lipinski definition) is 2. The lowest BCUT2D eigenvalue weighted by Crippen LogP contribution is -2.17. The zero-order valence-corrected chi connectivity index (χ0v) is 8.46. The van der Waals surface area contributed by atoms with E-state index in [4.69, 9.17) is 4.74 Å². The molecule has 0 aliphatic rings. The van der Waals surface area contributed by atoms with E-state index in [0.29, 0.717) is 11.8 Å². The van der Waals surface area contributed by atoms with Crippen molar-refractivity contribution in [2.75, 3.05) is 0 Å². The van der Waals surface area contributed by atoms with Crippen molar-refractivity contribution < 1.29 is 9.53 Å². The van der Waals surface area contributed by atoms with Gasteiger partial charge in [-0.3, -0.25) is 0 Å². The molecule has 0 rings (SSSR count). The Hall–Kier alpha value is -0.530. The summed E-state index contributed by atoms with van der Waals surface area (Å²) < 4.78 is 4.81. The topological polar surface area (TPSA) is 26.3 Å². The van der Waals surface area contributed by atoms with E-state index in [0.717, 1.165) is 12.8 Å². The van der Waals surface area contributed by atoms with Gasteiger partial charge >= 0.3 is 6.47 Å². The highest BCUT2D eigenvalue weighted by Gasteiger charge is 2.14. The number of carbonyl (C=O) groups excluding carboxylic acids is 1. The van der Waals surface area contributed by atoms with Gasteiger partial charge in [-0.25, -0.2) is 4.79 Å². The van der Waals surface area contributed by atoms with Crippen LogP contribution in [0.1, 0.15) is 40.5 Å². The average Bonchev–Trinajstić information content (AvgIpc) is 2.03. The molecular weight excluding hydrogens is 152 g/mol. The van der Waals surface area contributed by atoms with Crippen molar-refractivity contribution in [3.8, 4) is 0 Å². The van der Waals surface area contributed by atoms with Gasteiger partial charge in [-0.1, -0.05) is 27.7 Å². The molecule has 0 bridgehead atoms. The van der Waals surface area contributed by atoms with Crippen molar-refractivity contribution in [2.24, 2.45) is 11.8 Å². The second-order valence-electron chi connectivity index (χ2n) is 3.69. The lowest BCUT2D eigenvalue weighted by Gasteiger charge is -2.20. The molecule has 0 spiro atoms. The molecule has 0 heterocycles. The molecule has 0 saturated heterocycles. The third-order valence-corrected chi connectivity index (χ3v) is 2.44. The van der Waals surface area contributed by atoms with Gasteiger partial charge in [0.2, 0.25) is 0 Å². The minimum atomic E-state index is 0.0555. The van der Waals surface area contributed by atoms with Crippen LogP contribution in [-0.4, -0.2) is 12.6 Å². The van der Waals surface area contributed by atoms with Gasteiger partial charge < -0.3 is 4.74 Å². The standard InChI is InChI=1S/C10H19O2/c1-5-10(12-7-11)6-9(4)8(2)3/h8-10H,5-6H2,1-4H3. The van der Waals surface area contributed by atoms with E-state index in [2.05, 4.69) is 20.8 Å². The Kier molecular flexibility index (Phi) is 5.77. The highest BCUT2D eigenvalue weighted by Crippen LogP contribution is 2.18. The first-order valence-electron chi connectivity index (χ1n) is 4.64. The molecule has 0 aliphatic carbocycles. The maximum absolute atomic E-state index is 9.98. The van der Waals surface area contributed by atoms with Crippen molar-refractivity contribution in [1.82, 2.24) is 0 Å². The second kappa shape index (κ2) is 6.04. The minimum absolute atomic E-state index is 0.0555. The normalized spacial score (nSPS) is 15.8. The summed E-state index contributed by atoms with van der Waals surface area (Å²) in [7, 11) is 0. The van der Waals surface area contributed by atoms with Crippen LogP contribution in [0, 0.1) is 11.8 Å². The molecule has 12 heavy (non-hydrogen) atoms. The first-order valence-corrected chi connectivity index (χ1v) is 4.64. The Balaban J connectivity index is 3.75. The first-order chi connectivity index (χ1) is 5.61. The van der Waals surface area contributed by atoms with Crippen molar-refractivity contribution in [1.29, 1.82) is 0 Å². The molecule has 2 heteroatoms. The summed E-state index contributed by atoms with van der Waals surface area (Å²) in [4.78, 5) is 9.98. The number of ether oxygens (including phenoxy) is 1. The largest absolute Gasteiger partial charge is 0.454 e. The fourth-order valence-electron chi connectivity index (χ4n) is 1.05. The Morgan fingerprint density at radius 2 is 1.92 bits per heavy atom. The monoisotopic (exact) mass is 171 g/mol. The van der Waals surface area contributed by atoms with Gasteiger partial charge in [0.25, 0.3) is 0 Å². The molecular formula is C10H19O2. The summed E-state index contributed by atoms with van der Waals surface area (Å²) in [5.74, 6) is 1.25. The maximum atomic E-state index is 9.98. The third-order valence-electron chi connectivity index (χ3n) is 2.44. The van der Waals surface area contributed by atoms with Crippen molar-refractivity contribution in [2.45, 2.75) is 46.6 Å². The minimum Gasteiger partial charge on any atom is -0.454 e. The molecule has 71 valence electrons. The van der Waals surface area contributed by atoms with Crippen molar-refractivity contribution in [3.05, 3.63) is 0 Å². The Labute approximate surface area is 75.3 Å². The summed E-state index contributed by atoms with van der Waals surface area (Å²) >= 11 is 0. The van der Waals surface area contributed by atoms with Gasteiger partial charge in [-0.2, -0.15) is 0 Å². The number of hydrogen-bond donors (Lipinski definition) is 0. The van der Waals surface area contributed by atoms with E-state index in [1.54, 1.807) is 0 Å². The van der Waals surface area contributed by atoms with Gasteiger partial charge in [0.15, 0.2) is 0 Å². The second-order valence-corrected chi connectivity index (χ2v) is 3.69. The van der Waals surface area contributed by atoms with Crippen LogP contribution in [0.5, 0.6) is 0 Å². The molecule has 2 atom stereocenters. The van der Waals surface area contributed by atoms with Crippen LogP contribution in [0.25, 0.3) is 0 Å². The molecule has 2 unspecified atom stereocenters. The zero-order chi connectivity index (χ0) is 9.56. The molecule has 0 aliphatic heterocycles. The zero-order valence-electron chi connectivity index (χ0n) is 8.46.